The number of rotatable bonds is 5. The van der Waals surface area contributed by atoms with Crippen molar-refractivity contribution in [1.29, 1.82) is 0 Å². The van der Waals surface area contributed by atoms with Crippen LogP contribution in [-0.4, -0.2) is 11.3 Å². The SMILES string of the molecule is Cc1oc(-c2ccccc2)nc1COc1ccc(C=O)cc1. The van der Waals surface area contributed by atoms with Gasteiger partial charge in [0.2, 0.25) is 5.89 Å². The van der Waals surface area contributed by atoms with E-state index >= 15 is 0 Å². The Morgan fingerprint density at radius 3 is 2.50 bits per heavy atom. The summed E-state index contributed by atoms with van der Waals surface area (Å²) in [6, 6.07) is 16.7. The molecule has 0 unspecified atom stereocenters. The maximum Gasteiger partial charge on any atom is 0.226 e. The molecule has 0 radical (unpaired) electrons. The van der Waals surface area contributed by atoms with E-state index < -0.39 is 0 Å². The monoisotopic (exact) mass is 293 g/mol. The Hall–Kier alpha value is -2.88. The zero-order valence-corrected chi connectivity index (χ0v) is 12.2. The first-order valence-corrected chi connectivity index (χ1v) is 6.96. The van der Waals surface area contributed by atoms with Gasteiger partial charge in [0.25, 0.3) is 0 Å². The molecule has 0 atom stereocenters. The topological polar surface area (TPSA) is 52.3 Å². The number of oxazole rings is 1. The van der Waals surface area contributed by atoms with Gasteiger partial charge < -0.3 is 9.15 Å². The third kappa shape index (κ3) is 3.06. The van der Waals surface area contributed by atoms with Gasteiger partial charge in [-0.05, 0) is 43.3 Å². The van der Waals surface area contributed by atoms with Gasteiger partial charge >= 0.3 is 0 Å². The van der Waals surface area contributed by atoms with Crippen LogP contribution in [0.1, 0.15) is 21.8 Å². The highest BCUT2D eigenvalue weighted by molar-refractivity contribution is 5.74. The molecule has 0 amide bonds. The summed E-state index contributed by atoms with van der Waals surface area (Å²) in [6.07, 6.45) is 0.803. The zero-order valence-electron chi connectivity index (χ0n) is 12.2. The van der Waals surface area contributed by atoms with Crippen LogP contribution in [0.3, 0.4) is 0 Å². The normalized spacial score (nSPS) is 10.4. The van der Waals surface area contributed by atoms with Crippen LogP contribution >= 0.6 is 0 Å². The summed E-state index contributed by atoms with van der Waals surface area (Å²) < 4.78 is 11.4. The molecule has 1 heterocycles. The number of nitrogens with zero attached hydrogens (tertiary/aromatic N) is 1. The highest BCUT2D eigenvalue weighted by atomic mass is 16.5. The molecule has 110 valence electrons. The summed E-state index contributed by atoms with van der Waals surface area (Å²) >= 11 is 0. The second kappa shape index (κ2) is 6.26. The van der Waals surface area contributed by atoms with Gasteiger partial charge in [0.05, 0.1) is 0 Å². The van der Waals surface area contributed by atoms with Crippen LogP contribution in [0.4, 0.5) is 0 Å². The highest BCUT2D eigenvalue weighted by Crippen LogP contribution is 2.22. The third-order valence-corrected chi connectivity index (χ3v) is 3.31. The van der Waals surface area contributed by atoms with E-state index in [0.717, 1.165) is 23.3 Å². The lowest BCUT2D eigenvalue weighted by atomic mass is 10.2. The molecule has 1 aromatic heterocycles. The number of aldehydes is 1. The van der Waals surface area contributed by atoms with Crippen LogP contribution in [-0.2, 0) is 6.61 Å². The summed E-state index contributed by atoms with van der Waals surface area (Å²) in [5.74, 6) is 2.02. The molecule has 0 N–H and O–H groups in total. The Morgan fingerprint density at radius 2 is 1.82 bits per heavy atom. The van der Waals surface area contributed by atoms with Crippen LogP contribution < -0.4 is 4.74 Å². The average Bonchev–Trinajstić information content (AvgIpc) is 2.95. The Bertz CT molecular complexity index is 761. The fourth-order valence-electron chi connectivity index (χ4n) is 2.06. The van der Waals surface area contributed by atoms with E-state index in [1.807, 2.05) is 37.3 Å². The van der Waals surface area contributed by atoms with E-state index in [0.29, 0.717) is 23.8 Å². The molecule has 0 spiro atoms. The van der Waals surface area contributed by atoms with E-state index in [9.17, 15) is 4.79 Å². The lowest BCUT2D eigenvalue weighted by Crippen LogP contribution is -1.97. The van der Waals surface area contributed by atoms with Crippen molar-refractivity contribution in [2.24, 2.45) is 0 Å². The van der Waals surface area contributed by atoms with Crippen molar-refractivity contribution in [1.82, 2.24) is 4.98 Å². The van der Waals surface area contributed by atoms with E-state index in [4.69, 9.17) is 9.15 Å². The van der Waals surface area contributed by atoms with Gasteiger partial charge in [0, 0.05) is 11.1 Å². The highest BCUT2D eigenvalue weighted by Gasteiger charge is 2.11. The Labute approximate surface area is 128 Å². The van der Waals surface area contributed by atoms with Gasteiger partial charge in [-0.1, -0.05) is 18.2 Å². The smallest absolute Gasteiger partial charge is 0.226 e. The summed E-state index contributed by atoms with van der Waals surface area (Å²) in [7, 11) is 0. The van der Waals surface area contributed by atoms with Gasteiger partial charge in [-0.3, -0.25) is 4.79 Å². The molecule has 4 heteroatoms. The quantitative estimate of drug-likeness (QED) is 0.666. The molecule has 0 saturated carbocycles. The molecule has 0 aliphatic rings. The van der Waals surface area contributed by atoms with Gasteiger partial charge in [-0.15, -0.1) is 0 Å². The van der Waals surface area contributed by atoms with E-state index in [1.54, 1.807) is 24.3 Å². The number of carbonyl (C=O) groups is 1. The molecule has 22 heavy (non-hydrogen) atoms. The molecule has 0 bridgehead atoms. The summed E-state index contributed by atoms with van der Waals surface area (Å²) in [4.78, 5) is 15.1. The first kappa shape index (κ1) is 14.1. The number of hydrogen-bond donors (Lipinski definition) is 0. The lowest BCUT2D eigenvalue weighted by molar-refractivity contribution is 0.112. The molecule has 4 nitrogen and oxygen atoms in total. The average molecular weight is 293 g/mol. The molecule has 0 aliphatic carbocycles. The second-order valence-electron chi connectivity index (χ2n) is 4.86. The molecular weight excluding hydrogens is 278 g/mol. The van der Waals surface area contributed by atoms with E-state index in [1.165, 1.54) is 0 Å². The van der Waals surface area contributed by atoms with Crippen molar-refractivity contribution in [3.05, 3.63) is 71.6 Å². The number of hydrogen-bond acceptors (Lipinski definition) is 4. The predicted octanol–water partition coefficient (Wildman–Crippen LogP) is 4.04. The van der Waals surface area contributed by atoms with Crippen molar-refractivity contribution in [2.45, 2.75) is 13.5 Å². The second-order valence-corrected chi connectivity index (χ2v) is 4.86. The minimum atomic E-state index is 0.322. The number of aromatic nitrogens is 1. The summed E-state index contributed by atoms with van der Waals surface area (Å²) in [5, 5.41) is 0. The van der Waals surface area contributed by atoms with E-state index in [-0.39, 0.29) is 0 Å². The van der Waals surface area contributed by atoms with Crippen LogP contribution in [0.5, 0.6) is 5.75 Å². The summed E-state index contributed by atoms with van der Waals surface area (Å²) in [5.41, 5.74) is 2.32. The Kier molecular flexibility index (Phi) is 4.01. The van der Waals surface area contributed by atoms with Crippen molar-refractivity contribution < 1.29 is 13.9 Å². The molecule has 3 aromatic rings. The maximum absolute atomic E-state index is 10.6. The number of carbonyl (C=O) groups excluding carboxylic acids is 1. The minimum Gasteiger partial charge on any atom is -0.487 e. The van der Waals surface area contributed by atoms with Gasteiger partial charge in [0.15, 0.2) is 0 Å². The van der Waals surface area contributed by atoms with Crippen LogP contribution in [0.25, 0.3) is 11.5 Å². The Balaban J connectivity index is 1.72. The molecule has 3 rings (SSSR count). The standard InChI is InChI=1S/C18H15NO3/c1-13-17(12-21-16-9-7-14(11-20)8-10-16)19-18(22-13)15-5-3-2-4-6-15/h2-11H,12H2,1H3. The molecule has 0 saturated heterocycles. The molecular formula is C18H15NO3. The van der Waals surface area contributed by atoms with Crippen molar-refractivity contribution in [3.63, 3.8) is 0 Å². The largest absolute Gasteiger partial charge is 0.487 e. The van der Waals surface area contributed by atoms with Crippen LogP contribution in [0, 0.1) is 6.92 Å². The lowest BCUT2D eigenvalue weighted by Gasteiger charge is -2.04. The number of benzene rings is 2. The van der Waals surface area contributed by atoms with Crippen LogP contribution in [0.15, 0.2) is 59.0 Å². The summed E-state index contributed by atoms with van der Waals surface area (Å²) in [6.45, 7) is 2.19. The van der Waals surface area contributed by atoms with Gasteiger partial charge in [0.1, 0.15) is 30.1 Å². The first-order chi connectivity index (χ1) is 10.8. The van der Waals surface area contributed by atoms with Crippen molar-refractivity contribution >= 4 is 6.29 Å². The molecule has 2 aromatic carbocycles. The van der Waals surface area contributed by atoms with Crippen LogP contribution in [0.2, 0.25) is 0 Å². The first-order valence-electron chi connectivity index (χ1n) is 6.96. The number of aryl methyl sites for hydroxylation is 1. The third-order valence-electron chi connectivity index (χ3n) is 3.31. The Morgan fingerprint density at radius 1 is 1.09 bits per heavy atom. The van der Waals surface area contributed by atoms with Crippen molar-refractivity contribution in [3.8, 4) is 17.2 Å². The zero-order chi connectivity index (χ0) is 15.4. The van der Waals surface area contributed by atoms with Gasteiger partial charge in [-0.2, -0.15) is 0 Å². The molecule has 0 fully saturated rings. The van der Waals surface area contributed by atoms with Gasteiger partial charge in [-0.25, -0.2) is 4.98 Å². The minimum absolute atomic E-state index is 0.322. The van der Waals surface area contributed by atoms with E-state index in [2.05, 4.69) is 4.98 Å². The maximum atomic E-state index is 10.6. The van der Waals surface area contributed by atoms with Crippen molar-refractivity contribution in [2.75, 3.05) is 0 Å². The molecule has 0 aliphatic heterocycles. The fourth-order valence-corrected chi connectivity index (χ4v) is 2.06. The fraction of sp³-hybridized carbons (Fsp3) is 0.111. The predicted molar refractivity (Wildman–Crippen MR) is 82.8 cm³/mol. The number of ether oxygens (including phenoxy) is 1.